The van der Waals surface area contributed by atoms with Crippen molar-refractivity contribution in [2.45, 2.75) is 26.4 Å². The Morgan fingerprint density at radius 3 is 1.67 bits per heavy atom. The standard InChI is InChI=1S/C5H5N.C5H10O2.C4H5N/c1-2-4-6-5-3-1;1-5(2,3)7-4-6;1-2-4-5-3-1/h1-5H;4H,1-3H3;1-5H. The molecule has 1 N–H and O–H groups in total. The molecule has 2 rings (SSSR count). The average molecular weight is 248 g/mol. The summed E-state index contributed by atoms with van der Waals surface area (Å²) >= 11 is 0. The van der Waals surface area contributed by atoms with Gasteiger partial charge in [0.15, 0.2) is 0 Å². The molecule has 4 nitrogen and oxygen atoms in total. The van der Waals surface area contributed by atoms with E-state index in [1.807, 2.05) is 63.5 Å². The fourth-order valence-corrected chi connectivity index (χ4v) is 0.735. The van der Waals surface area contributed by atoms with Crippen LogP contribution >= 0.6 is 0 Å². The summed E-state index contributed by atoms with van der Waals surface area (Å²) < 4.78 is 4.55. The summed E-state index contributed by atoms with van der Waals surface area (Å²) in [6.45, 7) is 5.92. The molecule has 0 fully saturated rings. The van der Waals surface area contributed by atoms with Crippen molar-refractivity contribution in [1.82, 2.24) is 9.97 Å². The number of rotatable bonds is 1. The molecule has 0 spiro atoms. The molecule has 0 radical (unpaired) electrons. The number of H-pyrrole nitrogens is 1. The molecule has 4 heteroatoms. The molecule has 2 aromatic rings. The van der Waals surface area contributed by atoms with Gasteiger partial charge in [0.1, 0.15) is 5.60 Å². The van der Waals surface area contributed by atoms with Gasteiger partial charge in [-0.25, -0.2) is 0 Å². The second kappa shape index (κ2) is 10.1. The Morgan fingerprint density at radius 1 is 1.00 bits per heavy atom. The largest absolute Gasteiger partial charge is 0.462 e. The molecule has 0 saturated carbocycles. The van der Waals surface area contributed by atoms with Gasteiger partial charge in [0.05, 0.1) is 0 Å². The molecule has 98 valence electrons. The summed E-state index contributed by atoms with van der Waals surface area (Å²) in [5, 5.41) is 0. The van der Waals surface area contributed by atoms with E-state index in [2.05, 4.69) is 14.7 Å². The molecular weight excluding hydrogens is 228 g/mol. The number of carbonyl (C=O) groups is 1. The zero-order valence-corrected chi connectivity index (χ0v) is 11.0. The smallest absolute Gasteiger partial charge is 0.293 e. The van der Waals surface area contributed by atoms with Crippen molar-refractivity contribution in [2.24, 2.45) is 0 Å². The molecule has 0 amide bonds. The first-order valence-corrected chi connectivity index (χ1v) is 5.60. The van der Waals surface area contributed by atoms with Crippen molar-refractivity contribution < 1.29 is 9.53 Å². The normalized spacial score (nSPS) is 9.06. The Hall–Kier alpha value is -2.10. The highest BCUT2D eigenvalue weighted by atomic mass is 16.5. The minimum atomic E-state index is -0.318. The average Bonchev–Trinajstić information content (AvgIpc) is 2.89. The monoisotopic (exact) mass is 248 g/mol. The van der Waals surface area contributed by atoms with Gasteiger partial charge in [0.25, 0.3) is 6.47 Å². The van der Waals surface area contributed by atoms with E-state index in [1.54, 1.807) is 12.4 Å². The molecule has 0 atom stereocenters. The van der Waals surface area contributed by atoms with Crippen molar-refractivity contribution in [3.63, 3.8) is 0 Å². The van der Waals surface area contributed by atoms with E-state index in [9.17, 15) is 4.79 Å². The van der Waals surface area contributed by atoms with E-state index in [-0.39, 0.29) is 5.60 Å². The zero-order valence-electron chi connectivity index (χ0n) is 11.0. The molecule has 0 aliphatic rings. The van der Waals surface area contributed by atoms with Gasteiger partial charge in [-0.15, -0.1) is 0 Å². The molecule has 0 unspecified atom stereocenters. The Kier molecular flexibility index (Phi) is 8.90. The van der Waals surface area contributed by atoms with Gasteiger partial charge in [-0.2, -0.15) is 0 Å². The first kappa shape index (κ1) is 15.9. The topological polar surface area (TPSA) is 55.0 Å². The Labute approximate surface area is 108 Å². The minimum Gasteiger partial charge on any atom is -0.462 e. The summed E-state index contributed by atoms with van der Waals surface area (Å²) in [6, 6.07) is 9.60. The SMILES string of the molecule is CC(C)(C)OC=O.c1cc[nH]c1.c1ccncc1. The van der Waals surface area contributed by atoms with E-state index in [1.165, 1.54) is 0 Å². The van der Waals surface area contributed by atoms with Gasteiger partial charge in [0.2, 0.25) is 0 Å². The van der Waals surface area contributed by atoms with Gasteiger partial charge in [-0.3, -0.25) is 9.78 Å². The van der Waals surface area contributed by atoms with Crippen LogP contribution in [-0.4, -0.2) is 22.0 Å². The third-order valence-corrected chi connectivity index (χ3v) is 1.46. The van der Waals surface area contributed by atoms with Crippen molar-refractivity contribution >= 4 is 6.47 Å². The van der Waals surface area contributed by atoms with E-state index in [4.69, 9.17) is 0 Å². The highest BCUT2D eigenvalue weighted by molar-refractivity contribution is 5.37. The molecule has 2 aromatic heterocycles. The number of hydrogen-bond donors (Lipinski definition) is 1. The van der Waals surface area contributed by atoms with Crippen LogP contribution in [0.25, 0.3) is 0 Å². The van der Waals surface area contributed by atoms with Gasteiger partial charge < -0.3 is 9.72 Å². The summed E-state index contributed by atoms with van der Waals surface area (Å²) in [7, 11) is 0. The zero-order chi connectivity index (χ0) is 13.7. The quantitative estimate of drug-likeness (QED) is 0.789. The molecule has 2 heterocycles. The Morgan fingerprint density at radius 2 is 1.56 bits per heavy atom. The van der Waals surface area contributed by atoms with Crippen LogP contribution in [0.15, 0.2) is 55.1 Å². The lowest BCUT2D eigenvalue weighted by atomic mass is 10.2. The van der Waals surface area contributed by atoms with Gasteiger partial charge >= 0.3 is 0 Å². The maximum atomic E-state index is 9.60. The van der Waals surface area contributed by atoms with Gasteiger partial charge in [-0.05, 0) is 45.0 Å². The third kappa shape index (κ3) is 13.9. The lowest BCUT2D eigenvalue weighted by Gasteiger charge is -2.14. The molecule has 0 aliphatic carbocycles. The van der Waals surface area contributed by atoms with Crippen LogP contribution < -0.4 is 0 Å². The van der Waals surface area contributed by atoms with Crippen LogP contribution in [0, 0.1) is 0 Å². The van der Waals surface area contributed by atoms with Crippen LogP contribution in [0.3, 0.4) is 0 Å². The maximum Gasteiger partial charge on any atom is 0.293 e. The second-order valence-electron chi connectivity index (χ2n) is 4.24. The lowest BCUT2D eigenvalue weighted by Crippen LogP contribution is -2.17. The van der Waals surface area contributed by atoms with Crippen molar-refractivity contribution in [3.8, 4) is 0 Å². The van der Waals surface area contributed by atoms with Crippen LogP contribution in [-0.2, 0) is 9.53 Å². The first-order chi connectivity index (χ1) is 8.56. The van der Waals surface area contributed by atoms with Crippen LogP contribution in [0.4, 0.5) is 0 Å². The number of aromatic nitrogens is 2. The minimum absolute atomic E-state index is 0.318. The van der Waals surface area contributed by atoms with E-state index in [0.29, 0.717) is 6.47 Å². The summed E-state index contributed by atoms with van der Waals surface area (Å²) in [4.78, 5) is 16.2. The predicted molar refractivity (Wildman–Crippen MR) is 71.9 cm³/mol. The third-order valence-electron chi connectivity index (χ3n) is 1.46. The summed E-state index contributed by atoms with van der Waals surface area (Å²) in [5.41, 5.74) is -0.318. The lowest BCUT2D eigenvalue weighted by molar-refractivity contribution is -0.138. The highest BCUT2D eigenvalue weighted by Gasteiger charge is 2.07. The summed E-state index contributed by atoms with van der Waals surface area (Å²) in [6.07, 6.45) is 7.25. The van der Waals surface area contributed by atoms with Crippen LogP contribution in [0.1, 0.15) is 20.8 Å². The molecule has 0 aromatic carbocycles. The second-order valence-corrected chi connectivity index (χ2v) is 4.24. The van der Waals surface area contributed by atoms with Crippen molar-refractivity contribution in [3.05, 3.63) is 55.1 Å². The van der Waals surface area contributed by atoms with E-state index in [0.717, 1.165) is 0 Å². The molecule has 0 saturated heterocycles. The molecule has 0 bridgehead atoms. The van der Waals surface area contributed by atoms with Crippen LogP contribution in [0.2, 0.25) is 0 Å². The van der Waals surface area contributed by atoms with Gasteiger partial charge in [-0.1, -0.05) is 6.07 Å². The first-order valence-electron chi connectivity index (χ1n) is 5.60. The predicted octanol–water partition coefficient (Wildman–Crippen LogP) is 3.05. The number of aromatic amines is 1. The number of hydrogen-bond acceptors (Lipinski definition) is 3. The summed E-state index contributed by atoms with van der Waals surface area (Å²) in [5.74, 6) is 0. The van der Waals surface area contributed by atoms with Crippen molar-refractivity contribution in [2.75, 3.05) is 0 Å². The number of ether oxygens (including phenoxy) is 1. The number of nitrogens with zero attached hydrogens (tertiary/aromatic N) is 1. The molecule has 0 aliphatic heterocycles. The fraction of sp³-hybridized carbons (Fsp3) is 0.286. The fourth-order valence-electron chi connectivity index (χ4n) is 0.735. The Balaban J connectivity index is 0.000000243. The number of pyridine rings is 1. The van der Waals surface area contributed by atoms with Gasteiger partial charge in [0, 0.05) is 24.8 Å². The maximum absolute atomic E-state index is 9.60. The number of nitrogens with one attached hydrogen (secondary N) is 1. The Bertz CT molecular complexity index is 323. The van der Waals surface area contributed by atoms with Crippen molar-refractivity contribution in [1.29, 1.82) is 0 Å². The van der Waals surface area contributed by atoms with E-state index >= 15 is 0 Å². The molecular formula is C14H20N2O2. The number of carbonyl (C=O) groups excluding carboxylic acids is 1. The molecule has 18 heavy (non-hydrogen) atoms. The van der Waals surface area contributed by atoms with Crippen LogP contribution in [0.5, 0.6) is 0 Å². The van der Waals surface area contributed by atoms with E-state index < -0.39 is 0 Å². The highest BCUT2D eigenvalue weighted by Crippen LogP contribution is 2.02.